The van der Waals surface area contributed by atoms with E-state index in [9.17, 15) is 0 Å². The summed E-state index contributed by atoms with van der Waals surface area (Å²) in [4.78, 5) is 0. The van der Waals surface area contributed by atoms with Crippen molar-refractivity contribution in [3.8, 4) is 0 Å². The molecule has 0 aliphatic rings. The first kappa shape index (κ1) is 17.0. The van der Waals surface area contributed by atoms with Gasteiger partial charge in [-0.1, -0.05) is 82.5 Å². The van der Waals surface area contributed by atoms with Crippen LogP contribution in [0.15, 0.2) is 60.7 Å². The van der Waals surface area contributed by atoms with Crippen LogP contribution in [0.5, 0.6) is 0 Å². The molecule has 0 heterocycles. The quantitative estimate of drug-likeness (QED) is 0.497. The maximum absolute atomic E-state index is 6.63. The predicted molar refractivity (Wildman–Crippen MR) is 109 cm³/mol. The first-order valence-corrected chi connectivity index (χ1v) is 10.5. The molecule has 1 unspecified atom stereocenters. The Bertz CT molecular complexity index is 863. The van der Waals surface area contributed by atoms with Gasteiger partial charge in [0.25, 0.3) is 0 Å². The maximum atomic E-state index is 6.63. The van der Waals surface area contributed by atoms with Crippen molar-refractivity contribution >= 4 is 36.0 Å². The summed E-state index contributed by atoms with van der Waals surface area (Å²) in [5, 5.41) is 5.09. The number of hydrogen-bond acceptors (Lipinski definition) is 0. The van der Waals surface area contributed by atoms with Gasteiger partial charge < -0.3 is 0 Å². The smallest absolute Gasteiger partial charge is 0.0845 e. The van der Waals surface area contributed by atoms with E-state index >= 15 is 0 Å². The zero-order valence-corrected chi connectivity index (χ0v) is 16.6. The molecule has 0 saturated carbocycles. The van der Waals surface area contributed by atoms with Gasteiger partial charge in [-0.3, -0.25) is 0 Å². The van der Waals surface area contributed by atoms with Crippen LogP contribution in [0, 0.1) is 27.7 Å². The molecule has 0 saturated heterocycles. The standard InChI is InChI=1S/C22H23ClSi/c1-15-12-16(2)14-19(13-15)24(22-10-6-5-9-20(22)23)21-11-7-8-17(3)18(21)4/h5-14,24H,1-4H3. The summed E-state index contributed by atoms with van der Waals surface area (Å²) in [6.45, 7) is 8.79. The van der Waals surface area contributed by atoms with Crippen LogP contribution in [0.1, 0.15) is 22.3 Å². The molecule has 0 bridgehead atoms. The lowest BCUT2D eigenvalue weighted by atomic mass is 10.1. The van der Waals surface area contributed by atoms with Gasteiger partial charge in [-0.05, 0) is 55.3 Å². The highest BCUT2D eigenvalue weighted by Crippen LogP contribution is 2.11. The van der Waals surface area contributed by atoms with Crippen molar-refractivity contribution in [1.82, 2.24) is 0 Å². The summed E-state index contributed by atoms with van der Waals surface area (Å²) in [6.07, 6.45) is 0. The van der Waals surface area contributed by atoms with Gasteiger partial charge in [0.15, 0.2) is 0 Å². The molecule has 0 amide bonds. The van der Waals surface area contributed by atoms with E-state index in [-0.39, 0.29) is 0 Å². The molecule has 0 fully saturated rings. The monoisotopic (exact) mass is 350 g/mol. The highest BCUT2D eigenvalue weighted by atomic mass is 35.5. The number of hydrogen-bond donors (Lipinski definition) is 0. The summed E-state index contributed by atoms with van der Waals surface area (Å²) in [6, 6.07) is 21.9. The lowest BCUT2D eigenvalue weighted by Crippen LogP contribution is -2.53. The first-order chi connectivity index (χ1) is 11.5. The molecule has 0 spiro atoms. The second kappa shape index (κ2) is 6.96. The summed E-state index contributed by atoms with van der Waals surface area (Å²) >= 11 is 6.63. The molecule has 0 aliphatic carbocycles. The van der Waals surface area contributed by atoms with Gasteiger partial charge in [0, 0.05) is 5.02 Å². The second-order valence-corrected chi connectivity index (χ2v) is 9.85. The molecule has 3 aromatic rings. The van der Waals surface area contributed by atoms with Crippen LogP contribution in [0.2, 0.25) is 5.02 Å². The minimum Gasteiger partial charge on any atom is -0.0845 e. The van der Waals surface area contributed by atoms with Crippen molar-refractivity contribution in [2.24, 2.45) is 0 Å². The van der Waals surface area contributed by atoms with E-state index in [0.29, 0.717) is 0 Å². The highest BCUT2D eigenvalue weighted by Gasteiger charge is 2.23. The van der Waals surface area contributed by atoms with Crippen molar-refractivity contribution in [2.45, 2.75) is 27.7 Å². The Morgan fingerprint density at radius 3 is 2.00 bits per heavy atom. The Hall–Kier alpha value is -1.83. The van der Waals surface area contributed by atoms with Crippen LogP contribution in [0.3, 0.4) is 0 Å². The van der Waals surface area contributed by atoms with Crippen molar-refractivity contribution in [3.63, 3.8) is 0 Å². The third-order valence-electron chi connectivity index (χ3n) is 4.75. The number of rotatable bonds is 3. The normalized spacial score (nSPS) is 12.2. The lowest BCUT2D eigenvalue weighted by molar-refractivity contribution is 1.36. The van der Waals surface area contributed by atoms with Gasteiger partial charge in [-0.25, -0.2) is 0 Å². The lowest BCUT2D eigenvalue weighted by Gasteiger charge is -2.22. The Morgan fingerprint density at radius 1 is 0.708 bits per heavy atom. The van der Waals surface area contributed by atoms with Gasteiger partial charge in [0.1, 0.15) is 8.80 Å². The molecular weight excluding hydrogens is 328 g/mol. The fourth-order valence-electron chi connectivity index (χ4n) is 3.50. The summed E-state index contributed by atoms with van der Waals surface area (Å²) in [5.74, 6) is 0. The number of halogens is 1. The third kappa shape index (κ3) is 3.33. The first-order valence-electron chi connectivity index (χ1n) is 8.36. The Morgan fingerprint density at radius 2 is 1.33 bits per heavy atom. The van der Waals surface area contributed by atoms with Crippen molar-refractivity contribution < 1.29 is 0 Å². The summed E-state index contributed by atoms with van der Waals surface area (Å²) < 4.78 is 0. The zero-order valence-electron chi connectivity index (χ0n) is 14.7. The van der Waals surface area contributed by atoms with Crippen LogP contribution >= 0.6 is 11.6 Å². The fraction of sp³-hybridized carbons (Fsp3) is 0.182. The van der Waals surface area contributed by atoms with Crippen LogP contribution in [-0.4, -0.2) is 8.80 Å². The fourth-order valence-corrected chi connectivity index (χ4v) is 7.51. The molecule has 0 N–H and O–H groups in total. The molecule has 0 aliphatic heterocycles. The second-order valence-electron chi connectivity index (χ2n) is 6.66. The van der Waals surface area contributed by atoms with Crippen LogP contribution in [-0.2, 0) is 0 Å². The van der Waals surface area contributed by atoms with E-state index in [4.69, 9.17) is 11.6 Å². The molecule has 0 aromatic heterocycles. The van der Waals surface area contributed by atoms with E-state index in [0.717, 1.165) is 5.02 Å². The van der Waals surface area contributed by atoms with Crippen molar-refractivity contribution in [2.75, 3.05) is 0 Å². The highest BCUT2D eigenvalue weighted by molar-refractivity contribution is 6.96. The Labute approximate surface area is 151 Å². The van der Waals surface area contributed by atoms with E-state index in [1.807, 2.05) is 12.1 Å². The van der Waals surface area contributed by atoms with E-state index < -0.39 is 8.80 Å². The molecule has 122 valence electrons. The zero-order chi connectivity index (χ0) is 17.3. The van der Waals surface area contributed by atoms with Gasteiger partial charge in [0.2, 0.25) is 0 Å². The van der Waals surface area contributed by atoms with Gasteiger partial charge in [-0.2, -0.15) is 0 Å². The summed E-state index contributed by atoms with van der Waals surface area (Å²) in [7, 11) is -1.60. The van der Waals surface area contributed by atoms with Gasteiger partial charge >= 0.3 is 0 Å². The number of benzene rings is 3. The molecule has 3 aromatic carbocycles. The predicted octanol–water partition coefficient (Wildman–Crippen LogP) is 3.82. The van der Waals surface area contributed by atoms with Gasteiger partial charge in [-0.15, -0.1) is 0 Å². The molecular formula is C22H23ClSi. The largest absolute Gasteiger partial charge is 0.135 e. The van der Waals surface area contributed by atoms with Crippen molar-refractivity contribution in [1.29, 1.82) is 0 Å². The molecule has 24 heavy (non-hydrogen) atoms. The van der Waals surface area contributed by atoms with E-state index in [1.54, 1.807) is 0 Å². The average Bonchev–Trinajstić information content (AvgIpc) is 2.52. The van der Waals surface area contributed by atoms with E-state index in [1.165, 1.54) is 37.8 Å². The Kier molecular flexibility index (Phi) is 4.93. The number of aryl methyl sites for hydroxylation is 3. The van der Waals surface area contributed by atoms with Crippen LogP contribution in [0.25, 0.3) is 0 Å². The molecule has 2 heteroatoms. The SMILES string of the molecule is Cc1cc(C)cc([SiH](c2ccccc2Cl)c2cccc(C)c2C)c1. The molecule has 1 atom stereocenters. The third-order valence-corrected chi connectivity index (χ3v) is 8.65. The molecule has 0 nitrogen and oxygen atoms in total. The Balaban J connectivity index is 2.29. The molecule has 0 radical (unpaired) electrons. The topological polar surface area (TPSA) is 0 Å². The molecule has 3 rings (SSSR count). The minimum absolute atomic E-state index is 0.884. The van der Waals surface area contributed by atoms with Crippen molar-refractivity contribution in [3.05, 3.63) is 87.9 Å². The van der Waals surface area contributed by atoms with Crippen LogP contribution < -0.4 is 15.6 Å². The maximum Gasteiger partial charge on any atom is 0.135 e. The summed E-state index contributed by atoms with van der Waals surface area (Å²) in [5.41, 5.74) is 5.38. The minimum atomic E-state index is -1.60. The van der Waals surface area contributed by atoms with E-state index in [2.05, 4.69) is 76.2 Å². The average molecular weight is 351 g/mol. The van der Waals surface area contributed by atoms with Gasteiger partial charge in [0.05, 0.1) is 0 Å². The van der Waals surface area contributed by atoms with Crippen LogP contribution in [0.4, 0.5) is 0 Å².